The molecule has 8 N–H and O–H groups in total. The van der Waals surface area contributed by atoms with Crippen LogP contribution in [-0.4, -0.2) is 85.2 Å². The van der Waals surface area contributed by atoms with Gasteiger partial charge in [0.05, 0.1) is 13.2 Å². The minimum absolute atomic E-state index is 0.00974. The molecule has 242 valence electrons. The van der Waals surface area contributed by atoms with Crippen molar-refractivity contribution in [1.29, 1.82) is 0 Å². The number of carbonyl (C=O) groups is 4. The quantitative estimate of drug-likeness (QED) is 0.136. The molecule has 3 amide bonds. The number of amides is 3. The third-order valence-electron chi connectivity index (χ3n) is 7.59. The third-order valence-corrected chi connectivity index (χ3v) is 7.59. The molecule has 43 heavy (non-hydrogen) atoms. The molecule has 0 spiro atoms. The molecule has 1 aromatic rings. The lowest BCUT2D eigenvalue weighted by atomic mass is 9.88. The number of benzene rings is 1. The van der Waals surface area contributed by atoms with Crippen molar-refractivity contribution in [3.63, 3.8) is 0 Å². The van der Waals surface area contributed by atoms with E-state index in [1.54, 1.807) is 24.3 Å². The fraction of sp³-hybridized carbons (Fsp3) is 0.655. The van der Waals surface area contributed by atoms with E-state index in [1.165, 1.54) is 12.0 Å². The average Bonchev–Trinajstić information content (AvgIpc) is 2.97. The van der Waals surface area contributed by atoms with E-state index in [0.29, 0.717) is 19.4 Å². The van der Waals surface area contributed by atoms with Gasteiger partial charge in [0.2, 0.25) is 17.7 Å². The molecule has 3 atom stereocenters. The zero-order chi connectivity index (χ0) is 32.0. The second kappa shape index (κ2) is 17.2. The van der Waals surface area contributed by atoms with Gasteiger partial charge in [0, 0.05) is 19.5 Å². The van der Waals surface area contributed by atoms with E-state index < -0.39 is 54.0 Å². The number of nitrogens with two attached hydrogens (primary N) is 3. The first-order valence-electron chi connectivity index (χ1n) is 14.6. The van der Waals surface area contributed by atoms with Crippen molar-refractivity contribution in [2.75, 3.05) is 26.7 Å². The molecule has 1 aromatic carbocycles. The Labute approximate surface area is 250 Å². The predicted octanol–water partition coefficient (Wildman–Crippen LogP) is 1.27. The van der Waals surface area contributed by atoms with Crippen molar-refractivity contribution in [2.24, 2.45) is 17.2 Å². The first-order chi connectivity index (χ1) is 20.3. The monoisotopic (exact) mass is 614 g/mol. The van der Waals surface area contributed by atoms with Crippen LogP contribution < -0.4 is 27.8 Å². The Balaban J connectivity index is 2.14. The van der Waals surface area contributed by atoms with Gasteiger partial charge in [-0.1, -0.05) is 36.8 Å². The molecule has 0 radical (unpaired) electrons. The van der Waals surface area contributed by atoms with E-state index >= 15 is 0 Å². The highest BCUT2D eigenvalue weighted by Gasteiger charge is 2.41. The number of likely N-dealkylation sites (tertiary alicyclic amines) is 1. The van der Waals surface area contributed by atoms with Crippen molar-refractivity contribution in [3.05, 3.63) is 35.9 Å². The zero-order valence-corrected chi connectivity index (χ0v) is 24.7. The number of hydrogen-bond donors (Lipinski definition) is 5. The molecule has 3 unspecified atom stereocenters. The first kappa shape index (κ1) is 36.0. The van der Waals surface area contributed by atoms with Crippen LogP contribution in [0.15, 0.2) is 30.3 Å². The molecule has 11 nitrogen and oxygen atoms in total. The van der Waals surface area contributed by atoms with Gasteiger partial charge in [0.15, 0.2) is 0 Å². The number of esters is 1. The minimum Gasteiger partial charge on any atom is -0.468 e. The Morgan fingerprint density at radius 2 is 1.53 bits per heavy atom. The van der Waals surface area contributed by atoms with Crippen LogP contribution in [0.5, 0.6) is 0 Å². The van der Waals surface area contributed by atoms with E-state index in [4.69, 9.17) is 21.9 Å². The normalized spacial score (nSPS) is 17.0. The summed E-state index contributed by atoms with van der Waals surface area (Å²) in [6.07, 6.45) is -3.75. The number of ether oxygens (including phenoxy) is 1. The van der Waals surface area contributed by atoms with Crippen LogP contribution in [0, 0.1) is 0 Å². The summed E-state index contributed by atoms with van der Waals surface area (Å²) in [5.74, 6) is -2.29. The molecule has 2 rings (SSSR count). The van der Waals surface area contributed by atoms with Crippen LogP contribution in [0.3, 0.4) is 0 Å². The number of alkyl halides is 3. The van der Waals surface area contributed by atoms with Gasteiger partial charge in [0.25, 0.3) is 0 Å². The van der Waals surface area contributed by atoms with Gasteiger partial charge in [-0.25, -0.2) is 0 Å². The highest BCUT2D eigenvalue weighted by molar-refractivity contribution is 5.93. The molecule has 0 aliphatic carbocycles. The van der Waals surface area contributed by atoms with E-state index in [-0.39, 0.29) is 63.9 Å². The number of methoxy groups -OCH3 is 1. The molecule has 0 saturated carbocycles. The lowest BCUT2D eigenvalue weighted by Gasteiger charge is -2.38. The van der Waals surface area contributed by atoms with Crippen LogP contribution >= 0.6 is 0 Å². The fourth-order valence-electron chi connectivity index (χ4n) is 4.96. The summed E-state index contributed by atoms with van der Waals surface area (Å²) in [4.78, 5) is 53.5. The SMILES string of the molecule is COC(=O)C1(N)CCN(C(=O)C(CCCCN)NC(=O)C(CCCCC(F)(F)F)NC(=O)C(N)Cc2ccccc2)CC1. The largest absolute Gasteiger partial charge is 0.468 e. The van der Waals surface area contributed by atoms with Crippen LogP contribution in [0.4, 0.5) is 13.2 Å². The van der Waals surface area contributed by atoms with Gasteiger partial charge in [0.1, 0.15) is 17.6 Å². The predicted molar refractivity (Wildman–Crippen MR) is 154 cm³/mol. The number of halogens is 3. The topological polar surface area (TPSA) is 183 Å². The highest BCUT2D eigenvalue weighted by atomic mass is 19.4. The summed E-state index contributed by atoms with van der Waals surface area (Å²) in [6, 6.07) is 5.82. The van der Waals surface area contributed by atoms with Crippen molar-refractivity contribution >= 4 is 23.7 Å². The summed E-state index contributed by atoms with van der Waals surface area (Å²) in [5, 5.41) is 5.29. The van der Waals surface area contributed by atoms with Crippen LogP contribution in [-0.2, 0) is 30.3 Å². The lowest BCUT2D eigenvalue weighted by molar-refractivity contribution is -0.151. The number of nitrogens with zero attached hydrogens (tertiary/aromatic N) is 1. The smallest absolute Gasteiger partial charge is 0.389 e. The Hall–Kier alpha value is -3.23. The maximum atomic E-state index is 13.5. The number of unbranched alkanes of at least 4 members (excludes halogenated alkanes) is 2. The number of rotatable bonds is 16. The summed E-state index contributed by atoms with van der Waals surface area (Å²) >= 11 is 0. The molecule has 1 saturated heterocycles. The van der Waals surface area contributed by atoms with Crippen molar-refractivity contribution < 1.29 is 37.1 Å². The van der Waals surface area contributed by atoms with Crippen LogP contribution in [0.25, 0.3) is 0 Å². The molecule has 1 fully saturated rings. The van der Waals surface area contributed by atoms with Crippen LogP contribution in [0.2, 0.25) is 0 Å². The maximum absolute atomic E-state index is 13.5. The Morgan fingerprint density at radius 1 is 0.953 bits per heavy atom. The first-order valence-corrected chi connectivity index (χ1v) is 14.6. The van der Waals surface area contributed by atoms with Gasteiger partial charge in [-0.3, -0.25) is 19.2 Å². The summed E-state index contributed by atoms with van der Waals surface area (Å²) < 4.78 is 42.9. The molecular weight excluding hydrogens is 569 g/mol. The van der Waals surface area contributed by atoms with Gasteiger partial charge in [-0.15, -0.1) is 0 Å². The molecule has 1 aliphatic heterocycles. The Kier molecular flexibility index (Phi) is 14.4. The number of nitrogens with one attached hydrogen (secondary N) is 2. The van der Waals surface area contributed by atoms with Crippen molar-refractivity contribution in [2.45, 2.75) is 94.0 Å². The van der Waals surface area contributed by atoms with Crippen molar-refractivity contribution in [3.8, 4) is 0 Å². The second-order valence-electron chi connectivity index (χ2n) is 11.0. The molecule has 14 heteroatoms. The van der Waals surface area contributed by atoms with E-state index in [2.05, 4.69) is 10.6 Å². The second-order valence-corrected chi connectivity index (χ2v) is 11.0. The minimum atomic E-state index is -4.34. The standard InChI is InChI=1S/C29H45F3N6O5/c1-43-27(42)28(35)14-17-38(18-15-28)26(41)23(12-6-8-16-33)37-25(40)22(11-5-7-13-29(30,31)32)36-24(39)21(34)19-20-9-3-2-4-10-20/h2-4,9-10,21-23H,5-8,11-19,33-35H2,1H3,(H,36,39)(H,37,40). The average molecular weight is 615 g/mol. The Bertz CT molecular complexity index is 1050. The highest BCUT2D eigenvalue weighted by Crippen LogP contribution is 2.24. The third kappa shape index (κ3) is 12.1. The van der Waals surface area contributed by atoms with Gasteiger partial charge < -0.3 is 37.5 Å². The molecule has 1 aliphatic rings. The van der Waals surface area contributed by atoms with E-state index in [0.717, 1.165) is 5.56 Å². The lowest BCUT2D eigenvalue weighted by Crippen LogP contribution is -2.60. The van der Waals surface area contributed by atoms with Crippen molar-refractivity contribution in [1.82, 2.24) is 15.5 Å². The zero-order valence-electron chi connectivity index (χ0n) is 24.7. The van der Waals surface area contributed by atoms with Gasteiger partial charge >= 0.3 is 12.1 Å². The van der Waals surface area contributed by atoms with Gasteiger partial charge in [-0.05, 0) is 63.5 Å². The van der Waals surface area contributed by atoms with E-state index in [9.17, 15) is 32.3 Å². The van der Waals surface area contributed by atoms with E-state index in [1.807, 2.05) is 6.07 Å². The number of carbonyl (C=O) groups excluding carboxylic acids is 4. The summed E-state index contributed by atoms with van der Waals surface area (Å²) in [6.45, 7) is 0.712. The Morgan fingerprint density at radius 3 is 2.12 bits per heavy atom. The molecule has 0 bridgehead atoms. The maximum Gasteiger partial charge on any atom is 0.389 e. The molecule has 0 aromatic heterocycles. The number of piperidine rings is 1. The number of hydrogen-bond acceptors (Lipinski definition) is 8. The van der Waals surface area contributed by atoms with Crippen LogP contribution in [0.1, 0.15) is 63.4 Å². The molecular formula is C29H45F3N6O5. The summed E-state index contributed by atoms with van der Waals surface area (Å²) in [7, 11) is 1.24. The fourth-order valence-corrected chi connectivity index (χ4v) is 4.96. The summed E-state index contributed by atoms with van der Waals surface area (Å²) in [5.41, 5.74) is 17.4. The van der Waals surface area contributed by atoms with Gasteiger partial charge in [-0.2, -0.15) is 13.2 Å². The molecule has 1 heterocycles.